The topological polar surface area (TPSA) is 47.6 Å². The third-order valence-electron chi connectivity index (χ3n) is 0.773. The predicted octanol–water partition coefficient (Wildman–Crippen LogP) is 1.99. The van der Waals surface area contributed by atoms with Crippen molar-refractivity contribution in [2.75, 3.05) is 0 Å². The Bertz CT molecular complexity index is 158. The fourth-order valence-electron chi connectivity index (χ4n) is 0.322. The SMILES string of the molecule is N#CC(C#N)C/C=C\I. The number of halogens is 1. The van der Waals surface area contributed by atoms with E-state index >= 15 is 0 Å². The summed E-state index contributed by atoms with van der Waals surface area (Å²) in [6, 6.07) is 3.74. The molecule has 2 nitrogen and oxygen atoms in total. The molecule has 0 aromatic heterocycles. The largest absolute Gasteiger partial charge is 0.197 e. The average molecular weight is 232 g/mol. The smallest absolute Gasteiger partial charge is 0.136 e. The zero-order valence-corrected chi connectivity index (χ0v) is 6.87. The summed E-state index contributed by atoms with van der Waals surface area (Å²) in [4.78, 5) is 0. The van der Waals surface area contributed by atoms with Crippen LogP contribution in [-0.4, -0.2) is 0 Å². The van der Waals surface area contributed by atoms with Crippen molar-refractivity contribution >= 4 is 22.6 Å². The van der Waals surface area contributed by atoms with E-state index in [-0.39, 0.29) is 0 Å². The van der Waals surface area contributed by atoms with Crippen molar-refractivity contribution in [2.24, 2.45) is 5.92 Å². The van der Waals surface area contributed by atoms with Crippen LogP contribution in [0.1, 0.15) is 6.42 Å². The minimum absolute atomic E-state index is 0.476. The molecule has 0 atom stereocenters. The molecule has 0 aliphatic carbocycles. The first-order valence-corrected chi connectivity index (χ1v) is 3.64. The van der Waals surface area contributed by atoms with Gasteiger partial charge in [0.15, 0.2) is 0 Å². The number of rotatable bonds is 2. The van der Waals surface area contributed by atoms with Crippen molar-refractivity contribution < 1.29 is 0 Å². The molecule has 46 valence electrons. The molecule has 0 bridgehead atoms. The lowest BCUT2D eigenvalue weighted by atomic mass is 10.1. The fraction of sp³-hybridized carbons (Fsp3) is 0.333. The van der Waals surface area contributed by atoms with E-state index < -0.39 is 5.92 Å². The van der Waals surface area contributed by atoms with E-state index in [1.54, 1.807) is 10.2 Å². The number of nitriles is 2. The van der Waals surface area contributed by atoms with Crippen molar-refractivity contribution in [3.63, 3.8) is 0 Å². The Hall–Kier alpha value is -0.550. The van der Waals surface area contributed by atoms with Crippen LogP contribution in [0.3, 0.4) is 0 Å². The molecule has 0 fully saturated rings. The predicted molar refractivity (Wildman–Crippen MR) is 42.5 cm³/mol. The van der Waals surface area contributed by atoms with Crippen molar-refractivity contribution in [3.8, 4) is 12.1 Å². The van der Waals surface area contributed by atoms with E-state index in [1.165, 1.54) is 0 Å². The highest BCUT2D eigenvalue weighted by Crippen LogP contribution is 2.01. The minimum atomic E-state index is -0.476. The summed E-state index contributed by atoms with van der Waals surface area (Å²) < 4.78 is 1.80. The quantitative estimate of drug-likeness (QED) is 0.683. The number of hydrogen-bond donors (Lipinski definition) is 0. The lowest BCUT2D eigenvalue weighted by molar-refractivity contribution is 0.864. The minimum Gasteiger partial charge on any atom is -0.197 e. The van der Waals surface area contributed by atoms with E-state index in [1.807, 2.05) is 12.1 Å². The summed E-state index contributed by atoms with van der Waals surface area (Å²) in [7, 11) is 0. The van der Waals surface area contributed by atoms with Gasteiger partial charge in [-0.25, -0.2) is 0 Å². The molecule has 0 saturated heterocycles. The van der Waals surface area contributed by atoms with Gasteiger partial charge < -0.3 is 0 Å². The molecular formula is C6H5IN2. The molecule has 3 heteroatoms. The summed E-state index contributed by atoms with van der Waals surface area (Å²) in [6.07, 6.45) is 2.34. The van der Waals surface area contributed by atoms with E-state index in [9.17, 15) is 0 Å². The van der Waals surface area contributed by atoms with Crippen LogP contribution >= 0.6 is 22.6 Å². The Morgan fingerprint density at radius 3 is 2.33 bits per heavy atom. The first-order valence-electron chi connectivity index (χ1n) is 2.39. The van der Waals surface area contributed by atoms with Crippen LogP contribution in [0.2, 0.25) is 0 Å². The van der Waals surface area contributed by atoms with Crippen LogP contribution in [0, 0.1) is 28.6 Å². The van der Waals surface area contributed by atoms with Gasteiger partial charge in [-0.3, -0.25) is 0 Å². The van der Waals surface area contributed by atoms with E-state index in [0.717, 1.165) is 0 Å². The molecule has 0 spiro atoms. The molecule has 9 heavy (non-hydrogen) atoms. The van der Waals surface area contributed by atoms with Crippen LogP contribution < -0.4 is 0 Å². The highest BCUT2D eigenvalue weighted by atomic mass is 127. The Labute approximate surface area is 67.9 Å². The summed E-state index contributed by atoms with van der Waals surface area (Å²) >= 11 is 2.05. The second-order valence-corrected chi connectivity index (χ2v) is 2.13. The second-order valence-electron chi connectivity index (χ2n) is 1.41. The molecule has 0 N–H and O–H groups in total. The lowest BCUT2D eigenvalue weighted by Gasteiger charge is -1.87. The van der Waals surface area contributed by atoms with Gasteiger partial charge in [-0.15, -0.1) is 0 Å². The summed E-state index contributed by atoms with van der Waals surface area (Å²) in [5.74, 6) is -0.476. The first kappa shape index (κ1) is 8.45. The second kappa shape index (κ2) is 5.58. The standard InChI is InChI=1S/C6H5IN2/c7-3-1-2-6(4-8)5-9/h1,3,6H,2H2/b3-1-. The van der Waals surface area contributed by atoms with E-state index in [0.29, 0.717) is 6.42 Å². The van der Waals surface area contributed by atoms with Crippen LogP contribution in [0.4, 0.5) is 0 Å². The third kappa shape index (κ3) is 3.99. The summed E-state index contributed by atoms with van der Waals surface area (Å²) in [6.45, 7) is 0. The summed E-state index contributed by atoms with van der Waals surface area (Å²) in [5.41, 5.74) is 0. The number of hydrogen-bond acceptors (Lipinski definition) is 2. The maximum atomic E-state index is 8.24. The molecular weight excluding hydrogens is 227 g/mol. The molecule has 0 aliphatic rings. The molecule has 0 saturated carbocycles. The van der Waals surface area contributed by atoms with E-state index in [2.05, 4.69) is 22.6 Å². The molecule has 0 aliphatic heterocycles. The van der Waals surface area contributed by atoms with Gasteiger partial charge in [0.25, 0.3) is 0 Å². The highest BCUT2D eigenvalue weighted by molar-refractivity contribution is 14.1. The number of nitrogens with zero attached hydrogens (tertiary/aromatic N) is 2. The van der Waals surface area contributed by atoms with Gasteiger partial charge >= 0.3 is 0 Å². The molecule has 0 rings (SSSR count). The maximum absolute atomic E-state index is 8.24. The zero-order chi connectivity index (χ0) is 7.11. The Kier molecular flexibility index (Phi) is 5.24. The van der Waals surface area contributed by atoms with E-state index in [4.69, 9.17) is 10.5 Å². The van der Waals surface area contributed by atoms with Crippen LogP contribution in [0.15, 0.2) is 10.2 Å². The molecule has 0 radical (unpaired) electrons. The van der Waals surface area contributed by atoms with Gasteiger partial charge in [-0.1, -0.05) is 28.7 Å². The molecule has 0 amide bonds. The monoisotopic (exact) mass is 232 g/mol. The molecule has 0 unspecified atom stereocenters. The van der Waals surface area contributed by atoms with Crippen molar-refractivity contribution in [2.45, 2.75) is 6.42 Å². The van der Waals surface area contributed by atoms with Crippen molar-refractivity contribution in [1.29, 1.82) is 10.5 Å². The normalized spacial score (nSPS) is 9.33. The van der Waals surface area contributed by atoms with Crippen molar-refractivity contribution in [1.82, 2.24) is 0 Å². The van der Waals surface area contributed by atoms with Gasteiger partial charge in [0.1, 0.15) is 5.92 Å². The Morgan fingerprint density at radius 1 is 1.44 bits per heavy atom. The first-order chi connectivity index (χ1) is 4.35. The van der Waals surface area contributed by atoms with Gasteiger partial charge in [0.2, 0.25) is 0 Å². The average Bonchev–Trinajstić information content (AvgIpc) is 1.91. The van der Waals surface area contributed by atoms with Gasteiger partial charge in [0, 0.05) is 0 Å². The Balaban J connectivity index is 3.64. The number of allylic oxidation sites excluding steroid dienone is 1. The fourth-order valence-corrected chi connectivity index (χ4v) is 0.615. The maximum Gasteiger partial charge on any atom is 0.136 e. The van der Waals surface area contributed by atoms with Crippen LogP contribution in [-0.2, 0) is 0 Å². The van der Waals surface area contributed by atoms with Crippen LogP contribution in [0.5, 0.6) is 0 Å². The Morgan fingerprint density at radius 2 is 2.00 bits per heavy atom. The van der Waals surface area contributed by atoms with Crippen LogP contribution in [0.25, 0.3) is 0 Å². The van der Waals surface area contributed by atoms with Crippen molar-refractivity contribution in [3.05, 3.63) is 10.2 Å². The zero-order valence-electron chi connectivity index (χ0n) is 4.71. The van der Waals surface area contributed by atoms with Gasteiger partial charge in [-0.05, 0) is 10.5 Å². The van der Waals surface area contributed by atoms with Gasteiger partial charge in [-0.2, -0.15) is 10.5 Å². The molecule has 0 aromatic carbocycles. The summed E-state index contributed by atoms with van der Waals surface area (Å²) in [5, 5.41) is 16.5. The highest BCUT2D eigenvalue weighted by Gasteiger charge is 1.99. The lowest BCUT2D eigenvalue weighted by Crippen LogP contribution is -1.87. The molecule has 0 aromatic rings. The van der Waals surface area contributed by atoms with Gasteiger partial charge in [0.05, 0.1) is 12.1 Å². The third-order valence-corrected chi connectivity index (χ3v) is 1.28. The molecule has 0 heterocycles.